The van der Waals surface area contributed by atoms with Gasteiger partial charge in [0.2, 0.25) is 0 Å². The van der Waals surface area contributed by atoms with Crippen molar-refractivity contribution in [3.63, 3.8) is 0 Å². The van der Waals surface area contributed by atoms with Crippen LogP contribution in [0.2, 0.25) is 0 Å². The maximum Gasteiger partial charge on any atom is 0.137 e. The molecule has 4 rings (SSSR count). The highest BCUT2D eigenvalue weighted by molar-refractivity contribution is 5.39. The van der Waals surface area contributed by atoms with E-state index in [2.05, 4.69) is 38.3 Å². The summed E-state index contributed by atoms with van der Waals surface area (Å²) in [6.45, 7) is 8.41. The second kappa shape index (κ2) is 6.37. The van der Waals surface area contributed by atoms with Crippen LogP contribution in [0.25, 0.3) is 5.65 Å². The summed E-state index contributed by atoms with van der Waals surface area (Å²) in [5.41, 5.74) is 4.35. The van der Waals surface area contributed by atoms with Crippen molar-refractivity contribution in [2.24, 2.45) is 0 Å². The standard InChI is InChI=1S/C18H23N5O/c1-14-9-15(2)23(20-14)13-17-12-21(7-8-24-17)10-16-11-22-6-4-3-5-18(22)19-16/h3-6,9,11,17H,7-8,10,12-13H2,1-2H3/t17-/m1/s1. The van der Waals surface area contributed by atoms with Crippen LogP contribution in [0.4, 0.5) is 0 Å². The molecule has 0 N–H and O–H groups in total. The van der Waals surface area contributed by atoms with Crippen molar-refractivity contribution in [3.05, 3.63) is 53.7 Å². The van der Waals surface area contributed by atoms with Crippen LogP contribution < -0.4 is 0 Å². The fraction of sp³-hybridized carbons (Fsp3) is 0.444. The lowest BCUT2D eigenvalue weighted by Crippen LogP contribution is -2.44. The number of imidazole rings is 1. The van der Waals surface area contributed by atoms with Crippen LogP contribution >= 0.6 is 0 Å². The first-order chi connectivity index (χ1) is 11.7. The third kappa shape index (κ3) is 3.20. The van der Waals surface area contributed by atoms with E-state index in [0.29, 0.717) is 0 Å². The summed E-state index contributed by atoms with van der Waals surface area (Å²) in [4.78, 5) is 7.11. The highest BCUT2D eigenvalue weighted by Crippen LogP contribution is 2.13. The topological polar surface area (TPSA) is 47.6 Å². The maximum atomic E-state index is 5.94. The van der Waals surface area contributed by atoms with Crippen molar-refractivity contribution < 1.29 is 4.74 Å². The second-order valence-corrected chi connectivity index (χ2v) is 6.54. The van der Waals surface area contributed by atoms with E-state index < -0.39 is 0 Å². The number of ether oxygens (including phenoxy) is 1. The van der Waals surface area contributed by atoms with Crippen molar-refractivity contribution >= 4 is 5.65 Å². The molecule has 1 fully saturated rings. The number of aromatic nitrogens is 4. The molecular formula is C18H23N5O. The zero-order chi connectivity index (χ0) is 16.5. The predicted octanol–water partition coefficient (Wildman–Crippen LogP) is 2.05. The van der Waals surface area contributed by atoms with Gasteiger partial charge in [0.25, 0.3) is 0 Å². The molecule has 4 heterocycles. The van der Waals surface area contributed by atoms with E-state index in [0.717, 1.165) is 49.8 Å². The molecule has 0 amide bonds. The molecule has 1 atom stereocenters. The van der Waals surface area contributed by atoms with E-state index in [1.54, 1.807) is 0 Å². The number of pyridine rings is 1. The van der Waals surface area contributed by atoms with Crippen molar-refractivity contribution in [1.82, 2.24) is 24.1 Å². The number of fused-ring (bicyclic) bond motifs is 1. The van der Waals surface area contributed by atoms with E-state index in [1.165, 1.54) is 5.69 Å². The summed E-state index contributed by atoms with van der Waals surface area (Å²) < 4.78 is 10.1. The smallest absolute Gasteiger partial charge is 0.137 e. The first kappa shape index (κ1) is 15.4. The highest BCUT2D eigenvalue weighted by atomic mass is 16.5. The molecule has 6 heteroatoms. The fourth-order valence-corrected chi connectivity index (χ4v) is 3.38. The molecule has 1 aliphatic heterocycles. The van der Waals surface area contributed by atoms with Gasteiger partial charge in [-0.25, -0.2) is 4.98 Å². The molecule has 0 unspecified atom stereocenters. The van der Waals surface area contributed by atoms with Crippen LogP contribution in [0.3, 0.4) is 0 Å². The second-order valence-electron chi connectivity index (χ2n) is 6.54. The normalized spacial score (nSPS) is 19.2. The predicted molar refractivity (Wildman–Crippen MR) is 91.9 cm³/mol. The van der Waals surface area contributed by atoms with Crippen LogP contribution in [-0.2, 0) is 17.8 Å². The minimum Gasteiger partial charge on any atom is -0.374 e. The monoisotopic (exact) mass is 325 g/mol. The Bertz CT molecular complexity index is 804. The average molecular weight is 325 g/mol. The molecule has 0 aromatic carbocycles. The summed E-state index contributed by atoms with van der Waals surface area (Å²) in [6, 6.07) is 8.19. The summed E-state index contributed by atoms with van der Waals surface area (Å²) >= 11 is 0. The van der Waals surface area contributed by atoms with E-state index in [4.69, 9.17) is 9.72 Å². The van der Waals surface area contributed by atoms with E-state index in [9.17, 15) is 0 Å². The number of aryl methyl sites for hydroxylation is 2. The largest absolute Gasteiger partial charge is 0.374 e. The number of nitrogens with zero attached hydrogens (tertiary/aromatic N) is 5. The van der Waals surface area contributed by atoms with Gasteiger partial charge in [-0.3, -0.25) is 9.58 Å². The molecule has 1 aliphatic rings. The molecule has 0 saturated carbocycles. The SMILES string of the molecule is Cc1cc(C)n(C[C@H]2CN(Cc3cn4ccccc4n3)CCO2)n1. The van der Waals surface area contributed by atoms with Gasteiger partial charge in [0.05, 0.1) is 30.6 Å². The number of hydrogen-bond donors (Lipinski definition) is 0. The molecule has 126 valence electrons. The summed E-state index contributed by atoms with van der Waals surface area (Å²) in [7, 11) is 0. The lowest BCUT2D eigenvalue weighted by molar-refractivity contribution is -0.0407. The van der Waals surface area contributed by atoms with Gasteiger partial charge in [0.15, 0.2) is 0 Å². The Morgan fingerprint density at radius 3 is 3.00 bits per heavy atom. The van der Waals surface area contributed by atoms with E-state index >= 15 is 0 Å². The van der Waals surface area contributed by atoms with Crippen LogP contribution in [0.5, 0.6) is 0 Å². The molecule has 0 radical (unpaired) electrons. The first-order valence-corrected chi connectivity index (χ1v) is 8.45. The van der Waals surface area contributed by atoms with Gasteiger partial charge in [0.1, 0.15) is 5.65 Å². The molecule has 3 aromatic rings. The van der Waals surface area contributed by atoms with Crippen LogP contribution in [0, 0.1) is 13.8 Å². The Balaban J connectivity index is 1.42. The van der Waals surface area contributed by atoms with Gasteiger partial charge < -0.3 is 9.14 Å². The molecular weight excluding hydrogens is 302 g/mol. The van der Waals surface area contributed by atoms with Crippen molar-refractivity contribution in [1.29, 1.82) is 0 Å². The van der Waals surface area contributed by atoms with Crippen LogP contribution in [0.15, 0.2) is 36.7 Å². The Labute approximate surface area is 141 Å². The summed E-state index contributed by atoms with van der Waals surface area (Å²) in [5, 5.41) is 4.54. The Morgan fingerprint density at radius 2 is 2.21 bits per heavy atom. The van der Waals surface area contributed by atoms with Crippen molar-refractivity contribution in [3.8, 4) is 0 Å². The van der Waals surface area contributed by atoms with Gasteiger partial charge in [-0.15, -0.1) is 0 Å². The number of rotatable bonds is 4. The van der Waals surface area contributed by atoms with Gasteiger partial charge >= 0.3 is 0 Å². The van der Waals surface area contributed by atoms with E-state index in [-0.39, 0.29) is 6.10 Å². The first-order valence-electron chi connectivity index (χ1n) is 8.45. The maximum absolute atomic E-state index is 5.94. The molecule has 0 bridgehead atoms. The van der Waals surface area contributed by atoms with Gasteiger partial charge in [-0.2, -0.15) is 5.10 Å². The molecule has 3 aromatic heterocycles. The van der Waals surface area contributed by atoms with Crippen molar-refractivity contribution in [2.45, 2.75) is 33.0 Å². The minimum atomic E-state index is 0.175. The molecule has 6 nitrogen and oxygen atoms in total. The Kier molecular flexibility index (Phi) is 4.08. The van der Waals surface area contributed by atoms with Crippen LogP contribution in [0.1, 0.15) is 17.1 Å². The lowest BCUT2D eigenvalue weighted by atomic mass is 10.2. The quantitative estimate of drug-likeness (QED) is 0.736. The van der Waals surface area contributed by atoms with Crippen molar-refractivity contribution in [2.75, 3.05) is 19.7 Å². The number of hydrogen-bond acceptors (Lipinski definition) is 4. The Morgan fingerprint density at radius 1 is 1.29 bits per heavy atom. The zero-order valence-corrected chi connectivity index (χ0v) is 14.2. The third-order valence-electron chi connectivity index (χ3n) is 4.50. The Hall–Kier alpha value is -2.18. The van der Waals surface area contributed by atoms with Crippen LogP contribution in [-0.4, -0.2) is 49.9 Å². The fourth-order valence-electron chi connectivity index (χ4n) is 3.38. The molecule has 0 aliphatic carbocycles. The van der Waals surface area contributed by atoms with Gasteiger partial charge in [0, 0.05) is 37.7 Å². The highest BCUT2D eigenvalue weighted by Gasteiger charge is 2.22. The molecule has 1 saturated heterocycles. The zero-order valence-electron chi connectivity index (χ0n) is 14.2. The van der Waals surface area contributed by atoms with Gasteiger partial charge in [-0.1, -0.05) is 6.07 Å². The minimum absolute atomic E-state index is 0.175. The summed E-state index contributed by atoms with van der Waals surface area (Å²) in [6.07, 6.45) is 4.33. The number of morpholine rings is 1. The molecule has 24 heavy (non-hydrogen) atoms. The van der Waals surface area contributed by atoms with Gasteiger partial charge in [-0.05, 0) is 32.0 Å². The third-order valence-corrected chi connectivity index (χ3v) is 4.50. The summed E-state index contributed by atoms with van der Waals surface area (Å²) in [5.74, 6) is 0. The average Bonchev–Trinajstić information content (AvgIpc) is 3.10. The molecule has 0 spiro atoms. The van der Waals surface area contributed by atoms with E-state index in [1.807, 2.05) is 31.3 Å². The lowest BCUT2D eigenvalue weighted by Gasteiger charge is -2.32.